The summed E-state index contributed by atoms with van der Waals surface area (Å²) in [5, 5.41) is 13.9. The lowest BCUT2D eigenvalue weighted by Gasteiger charge is -2.18. The van der Waals surface area contributed by atoms with Crippen LogP contribution < -0.4 is 10.2 Å². The summed E-state index contributed by atoms with van der Waals surface area (Å²) < 4.78 is 0. The summed E-state index contributed by atoms with van der Waals surface area (Å²) in [6.45, 7) is 0.467. The third kappa shape index (κ3) is 2.79. The van der Waals surface area contributed by atoms with Gasteiger partial charge in [0.25, 0.3) is 0 Å². The average Bonchev–Trinajstić information content (AvgIpc) is 2.47. The van der Waals surface area contributed by atoms with Crippen LogP contribution in [0.1, 0.15) is 5.56 Å². The molecule has 0 atom stereocenters. The Hall–Kier alpha value is -2.77. The third-order valence-corrected chi connectivity index (χ3v) is 2.73. The Labute approximate surface area is 115 Å². The van der Waals surface area contributed by atoms with Gasteiger partial charge in [-0.3, -0.25) is 15.1 Å². The molecule has 0 fully saturated rings. The predicted molar refractivity (Wildman–Crippen MR) is 74.6 cm³/mol. The lowest BCUT2D eigenvalue weighted by Crippen LogP contribution is -2.20. The summed E-state index contributed by atoms with van der Waals surface area (Å²) in [5.74, 6) is 0.455. The van der Waals surface area contributed by atoms with Gasteiger partial charge in [-0.2, -0.15) is 0 Å². The highest BCUT2D eigenvalue weighted by Crippen LogP contribution is 2.31. The van der Waals surface area contributed by atoms with E-state index >= 15 is 0 Å². The van der Waals surface area contributed by atoms with Crippen LogP contribution in [0.3, 0.4) is 0 Å². The molecule has 0 aromatic carbocycles. The molecule has 0 amide bonds. The Bertz CT molecular complexity index is 604. The Balaban J connectivity index is 2.34. The first-order valence-corrected chi connectivity index (χ1v) is 5.90. The molecule has 0 aliphatic heterocycles. The Morgan fingerprint density at radius 3 is 2.85 bits per heavy atom. The molecule has 2 aromatic rings. The molecular weight excluding hydrogens is 260 g/mol. The van der Waals surface area contributed by atoms with Crippen molar-refractivity contribution in [2.75, 3.05) is 24.3 Å². The van der Waals surface area contributed by atoms with Crippen molar-refractivity contribution >= 4 is 17.3 Å². The Morgan fingerprint density at radius 2 is 2.25 bits per heavy atom. The van der Waals surface area contributed by atoms with Gasteiger partial charge >= 0.3 is 5.69 Å². The van der Waals surface area contributed by atoms with Gasteiger partial charge in [0.1, 0.15) is 6.33 Å². The van der Waals surface area contributed by atoms with Gasteiger partial charge in [0.05, 0.1) is 4.92 Å². The largest absolute Gasteiger partial charge is 0.367 e. The fourth-order valence-electron chi connectivity index (χ4n) is 1.84. The SMILES string of the molecule is CNc1ncnc(N(C)Cc2cccnc2)c1[N+](=O)[O-]. The third-order valence-electron chi connectivity index (χ3n) is 2.73. The maximum atomic E-state index is 11.2. The Kier molecular flexibility index (Phi) is 4.04. The number of hydrogen-bond acceptors (Lipinski definition) is 7. The van der Waals surface area contributed by atoms with E-state index in [2.05, 4.69) is 20.3 Å². The number of aromatic nitrogens is 3. The molecule has 0 radical (unpaired) electrons. The van der Waals surface area contributed by atoms with Gasteiger partial charge in [-0.15, -0.1) is 0 Å². The van der Waals surface area contributed by atoms with E-state index in [0.717, 1.165) is 5.56 Å². The average molecular weight is 274 g/mol. The second kappa shape index (κ2) is 5.91. The van der Waals surface area contributed by atoms with Gasteiger partial charge in [-0.25, -0.2) is 9.97 Å². The Morgan fingerprint density at radius 1 is 1.45 bits per heavy atom. The maximum Gasteiger partial charge on any atom is 0.353 e. The minimum absolute atomic E-state index is 0.138. The minimum Gasteiger partial charge on any atom is -0.367 e. The highest BCUT2D eigenvalue weighted by Gasteiger charge is 2.24. The smallest absolute Gasteiger partial charge is 0.353 e. The van der Waals surface area contributed by atoms with E-state index in [1.54, 1.807) is 31.4 Å². The first-order valence-electron chi connectivity index (χ1n) is 5.90. The summed E-state index contributed by atoms with van der Waals surface area (Å²) in [6, 6.07) is 3.71. The van der Waals surface area contributed by atoms with Crippen molar-refractivity contribution in [1.29, 1.82) is 0 Å². The number of nitrogens with one attached hydrogen (secondary N) is 1. The van der Waals surface area contributed by atoms with E-state index in [1.165, 1.54) is 6.33 Å². The van der Waals surface area contributed by atoms with E-state index in [0.29, 0.717) is 6.54 Å². The van der Waals surface area contributed by atoms with Crippen LogP contribution in [0.25, 0.3) is 0 Å². The van der Waals surface area contributed by atoms with Crippen molar-refractivity contribution in [3.63, 3.8) is 0 Å². The van der Waals surface area contributed by atoms with E-state index in [9.17, 15) is 10.1 Å². The molecule has 0 aliphatic rings. The summed E-state index contributed by atoms with van der Waals surface area (Å²) >= 11 is 0. The van der Waals surface area contributed by atoms with Crippen LogP contribution in [0.15, 0.2) is 30.9 Å². The van der Waals surface area contributed by atoms with Crippen LogP contribution >= 0.6 is 0 Å². The van der Waals surface area contributed by atoms with Crippen molar-refractivity contribution in [2.45, 2.75) is 6.54 Å². The molecule has 0 spiro atoms. The standard InChI is InChI=1S/C12H14N6O2/c1-13-11-10(18(19)20)12(16-8-15-11)17(2)7-9-4-3-5-14-6-9/h3-6,8H,7H2,1-2H3,(H,13,15,16). The molecule has 2 rings (SSSR count). The number of anilines is 2. The van der Waals surface area contributed by atoms with E-state index < -0.39 is 4.92 Å². The number of rotatable bonds is 5. The van der Waals surface area contributed by atoms with Crippen molar-refractivity contribution in [3.05, 3.63) is 46.5 Å². The van der Waals surface area contributed by atoms with Crippen LogP contribution in [-0.4, -0.2) is 34.0 Å². The van der Waals surface area contributed by atoms with Crippen molar-refractivity contribution in [2.24, 2.45) is 0 Å². The van der Waals surface area contributed by atoms with Crippen molar-refractivity contribution in [1.82, 2.24) is 15.0 Å². The number of nitrogens with zero attached hydrogens (tertiary/aromatic N) is 5. The van der Waals surface area contributed by atoms with Crippen LogP contribution in [-0.2, 0) is 6.54 Å². The van der Waals surface area contributed by atoms with E-state index in [4.69, 9.17) is 0 Å². The topological polar surface area (TPSA) is 97.1 Å². The first kappa shape index (κ1) is 13.7. The van der Waals surface area contributed by atoms with Crippen LogP contribution in [0.5, 0.6) is 0 Å². The molecule has 0 bridgehead atoms. The second-order valence-corrected chi connectivity index (χ2v) is 4.12. The molecule has 0 aliphatic carbocycles. The second-order valence-electron chi connectivity index (χ2n) is 4.12. The normalized spacial score (nSPS) is 10.1. The molecule has 2 aromatic heterocycles. The van der Waals surface area contributed by atoms with Gasteiger partial charge in [-0.1, -0.05) is 6.07 Å². The summed E-state index contributed by atoms with van der Waals surface area (Å²) in [6.07, 6.45) is 4.69. The first-order chi connectivity index (χ1) is 9.63. The maximum absolute atomic E-state index is 11.2. The molecule has 20 heavy (non-hydrogen) atoms. The van der Waals surface area contributed by atoms with Gasteiger partial charge in [0.2, 0.25) is 11.6 Å². The van der Waals surface area contributed by atoms with Crippen LogP contribution in [0.2, 0.25) is 0 Å². The lowest BCUT2D eigenvalue weighted by molar-refractivity contribution is -0.383. The summed E-state index contributed by atoms with van der Waals surface area (Å²) in [4.78, 5) is 24.3. The van der Waals surface area contributed by atoms with Gasteiger partial charge < -0.3 is 10.2 Å². The molecule has 8 heteroatoms. The summed E-state index contributed by atoms with van der Waals surface area (Å²) in [7, 11) is 3.32. The number of hydrogen-bond donors (Lipinski definition) is 1. The highest BCUT2D eigenvalue weighted by molar-refractivity contribution is 5.69. The zero-order chi connectivity index (χ0) is 14.5. The minimum atomic E-state index is -0.485. The zero-order valence-electron chi connectivity index (χ0n) is 11.1. The monoisotopic (exact) mass is 274 g/mol. The molecule has 8 nitrogen and oxygen atoms in total. The van der Waals surface area contributed by atoms with Gasteiger partial charge in [0.15, 0.2) is 0 Å². The highest BCUT2D eigenvalue weighted by atomic mass is 16.6. The number of nitro groups is 1. The van der Waals surface area contributed by atoms with E-state index in [1.807, 2.05) is 12.1 Å². The zero-order valence-corrected chi connectivity index (χ0v) is 11.1. The molecule has 2 heterocycles. The molecule has 0 unspecified atom stereocenters. The predicted octanol–water partition coefficient (Wildman–Crippen LogP) is 1.46. The van der Waals surface area contributed by atoms with Gasteiger partial charge in [-0.05, 0) is 11.6 Å². The fraction of sp³-hybridized carbons (Fsp3) is 0.250. The van der Waals surface area contributed by atoms with Crippen molar-refractivity contribution in [3.8, 4) is 0 Å². The molecule has 104 valence electrons. The molecule has 0 saturated carbocycles. The van der Waals surface area contributed by atoms with Gasteiger partial charge in [0, 0.05) is 33.0 Å². The lowest BCUT2D eigenvalue weighted by atomic mass is 10.2. The molecular formula is C12H14N6O2. The number of pyridine rings is 1. The molecule has 0 saturated heterocycles. The quantitative estimate of drug-likeness (QED) is 0.651. The van der Waals surface area contributed by atoms with Crippen LogP contribution in [0, 0.1) is 10.1 Å². The molecule has 1 N–H and O–H groups in total. The fourth-order valence-corrected chi connectivity index (χ4v) is 1.84. The van der Waals surface area contributed by atoms with Crippen molar-refractivity contribution < 1.29 is 4.92 Å². The summed E-state index contributed by atoms with van der Waals surface area (Å²) in [5.41, 5.74) is 0.801. The van der Waals surface area contributed by atoms with Crippen LogP contribution in [0.4, 0.5) is 17.3 Å². The van der Waals surface area contributed by atoms with E-state index in [-0.39, 0.29) is 17.3 Å².